The monoisotopic (exact) mass is 388 g/mol. The lowest BCUT2D eigenvalue weighted by atomic mass is 9.75. The maximum atomic E-state index is 2.65. The summed E-state index contributed by atoms with van der Waals surface area (Å²) in [7, 11) is 0. The quantitative estimate of drug-likeness (QED) is 0.442. The number of rotatable bonds is 2. The fourth-order valence-corrected chi connectivity index (χ4v) is 8.74. The van der Waals surface area contributed by atoms with Gasteiger partial charge in [0.2, 0.25) is 0 Å². The van der Waals surface area contributed by atoms with E-state index in [2.05, 4.69) is 41.5 Å². The minimum absolute atomic E-state index is 1.00. The summed E-state index contributed by atoms with van der Waals surface area (Å²) in [4.78, 5) is 0. The second-order valence-corrected chi connectivity index (χ2v) is 11.6. The summed E-state index contributed by atoms with van der Waals surface area (Å²) in [6.07, 6.45) is 18.1. The highest BCUT2D eigenvalue weighted by atomic mass is 14.6. The van der Waals surface area contributed by atoms with Crippen LogP contribution < -0.4 is 0 Å². The Morgan fingerprint density at radius 1 is 0.464 bits per heavy atom. The standard InChI is InChI=1S/C25H44.C3H8/c1-16-20-11-7-5-8-12-21(20)17(2)24(16)15-25-18(3)22-13-9-6-10-14-23(22)19(25)4;1-3-2/h16-25H,5-15H2,1-4H3;3H2,1-2H3. The van der Waals surface area contributed by atoms with Crippen molar-refractivity contribution in [2.75, 3.05) is 0 Å². The maximum absolute atomic E-state index is 2.65. The van der Waals surface area contributed by atoms with Gasteiger partial charge in [-0.15, -0.1) is 0 Å². The van der Waals surface area contributed by atoms with Crippen LogP contribution in [0.15, 0.2) is 0 Å². The summed E-state index contributed by atoms with van der Waals surface area (Å²) in [5, 5.41) is 0. The van der Waals surface area contributed by atoms with Crippen LogP contribution in [0.2, 0.25) is 0 Å². The van der Waals surface area contributed by atoms with Crippen molar-refractivity contribution in [3.05, 3.63) is 0 Å². The molecule has 0 spiro atoms. The molecule has 0 nitrogen and oxygen atoms in total. The Morgan fingerprint density at radius 3 is 0.964 bits per heavy atom. The van der Waals surface area contributed by atoms with E-state index in [1.54, 1.807) is 32.1 Å². The van der Waals surface area contributed by atoms with Crippen LogP contribution in [0.5, 0.6) is 0 Å². The third-order valence-electron chi connectivity index (χ3n) is 10.2. The van der Waals surface area contributed by atoms with Crippen molar-refractivity contribution in [1.82, 2.24) is 0 Å². The van der Waals surface area contributed by atoms with Gasteiger partial charge in [-0.2, -0.15) is 0 Å². The molecule has 0 amide bonds. The first-order chi connectivity index (χ1) is 13.5. The molecule has 4 aliphatic carbocycles. The van der Waals surface area contributed by atoms with Crippen LogP contribution in [0, 0.1) is 59.2 Å². The Labute approximate surface area is 178 Å². The molecule has 4 saturated carbocycles. The van der Waals surface area contributed by atoms with Crippen molar-refractivity contribution in [1.29, 1.82) is 0 Å². The summed E-state index contributed by atoms with van der Waals surface area (Å²) in [6.45, 7) is 14.9. The third-order valence-corrected chi connectivity index (χ3v) is 10.2. The second-order valence-electron chi connectivity index (χ2n) is 11.6. The van der Waals surface area contributed by atoms with E-state index in [-0.39, 0.29) is 0 Å². The molecule has 28 heavy (non-hydrogen) atoms. The molecule has 0 aliphatic heterocycles. The Bertz CT molecular complexity index is 377. The van der Waals surface area contributed by atoms with E-state index in [9.17, 15) is 0 Å². The minimum atomic E-state index is 1.00. The van der Waals surface area contributed by atoms with Crippen LogP contribution >= 0.6 is 0 Å². The van der Waals surface area contributed by atoms with E-state index in [1.807, 2.05) is 0 Å². The van der Waals surface area contributed by atoms with E-state index in [0.717, 1.165) is 59.2 Å². The number of hydrogen-bond acceptors (Lipinski definition) is 0. The molecule has 4 fully saturated rings. The summed E-state index contributed by atoms with van der Waals surface area (Å²) in [5.41, 5.74) is 0. The van der Waals surface area contributed by atoms with Gasteiger partial charge in [-0.1, -0.05) is 86.5 Å². The Hall–Kier alpha value is 0. The normalized spacial score (nSPS) is 48.6. The minimum Gasteiger partial charge on any atom is -0.0656 e. The van der Waals surface area contributed by atoms with Gasteiger partial charge in [0.15, 0.2) is 0 Å². The largest absolute Gasteiger partial charge is 0.0656 e. The predicted octanol–water partition coefficient (Wildman–Crippen LogP) is 8.99. The molecule has 4 aliphatic rings. The number of fused-ring (bicyclic) bond motifs is 2. The average molecular weight is 389 g/mol. The van der Waals surface area contributed by atoms with Crippen molar-refractivity contribution in [2.45, 2.75) is 119 Å². The molecule has 4 rings (SSSR count). The first-order valence-electron chi connectivity index (χ1n) is 13.5. The Morgan fingerprint density at radius 2 is 0.714 bits per heavy atom. The molecule has 8 unspecified atom stereocenters. The molecular formula is C28H52. The molecule has 8 atom stereocenters. The summed E-state index contributed by atoms with van der Waals surface area (Å²) in [5.74, 6) is 10.4. The van der Waals surface area contributed by atoms with E-state index in [4.69, 9.17) is 0 Å². The van der Waals surface area contributed by atoms with Gasteiger partial charge in [-0.05, 0) is 91.3 Å². The molecular weight excluding hydrogens is 336 g/mol. The molecule has 0 heteroatoms. The van der Waals surface area contributed by atoms with Crippen LogP contribution in [0.3, 0.4) is 0 Å². The number of hydrogen-bond donors (Lipinski definition) is 0. The zero-order chi connectivity index (χ0) is 20.3. The fraction of sp³-hybridized carbons (Fsp3) is 1.00. The molecule has 0 aromatic heterocycles. The molecule has 0 bridgehead atoms. The zero-order valence-corrected chi connectivity index (χ0v) is 20.3. The van der Waals surface area contributed by atoms with Crippen LogP contribution in [0.25, 0.3) is 0 Å². The van der Waals surface area contributed by atoms with Crippen molar-refractivity contribution >= 4 is 0 Å². The highest BCUT2D eigenvalue weighted by molar-refractivity contribution is 4.99. The van der Waals surface area contributed by atoms with Crippen LogP contribution in [0.4, 0.5) is 0 Å². The zero-order valence-electron chi connectivity index (χ0n) is 20.3. The molecule has 0 aromatic rings. The highest BCUT2D eigenvalue weighted by Crippen LogP contribution is 2.58. The van der Waals surface area contributed by atoms with Crippen molar-refractivity contribution in [3.8, 4) is 0 Å². The summed E-state index contributed by atoms with van der Waals surface area (Å²) < 4.78 is 0. The van der Waals surface area contributed by atoms with Crippen LogP contribution in [-0.2, 0) is 0 Å². The smallest absolute Gasteiger partial charge is 0.0354 e. The van der Waals surface area contributed by atoms with Gasteiger partial charge in [0.05, 0.1) is 0 Å². The lowest BCUT2D eigenvalue weighted by molar-refractivity contribution is 0.184. The third kappa shape index (κ3) is 4.51. The molecule has 164 valence electrons. The van der Waals surface area contributed by atoms with Gasteiger partial charge in [0.1, 0.15) is 0 Å². The van der Waals surface area contributed by atoms with Gasteiger partial charge < -0.3 is 0 Å². The maximum Gasteiger partial charge on any atom is -0.0354 e. The van der Waals surface area contributed by atoms with E-state index >= 15 is 0 Å². The van der Waals surface area contributed by atoms with Gasteiger partial charge in [-0.25, -0.2) is 0 Å². The van der Waals surface area contributed by atoms with E-state index in [1.165, 1.54) is 44.9 Å². The van der Waals surface area contributed by atoms with Gasteiger partial charge in [0, 0.05) is 0 Å². The topological polar surface area (TPSA) is 0 Å². The molecule has 0 saturated heterocycles. The molecule has 0 heterocycles. The average Bonchev–Trinajstić information content (AvgIpc) is 2.97. The van der Waals surface area contributed by atoms with Gasteiger partial charge in [-0.3, -0.25) is 0 Å². The summed E-state index contributed by atoms with van der Waals surface area (Å²) >= 11 is 0. The molecule has 0 radical (unpaired) electrons. The SMILES string of the molecule is CC1C(CC2C(C)C3CCCCCC3C2C)C(C)C2CCCCCC12.CCC. The van der Waals surface area contributed by atoms with Crippen LogP contribution in [0.1, 0.15) is 119 Å². The van der Waals surface area contributed by atoms with E-state index < -0.39 is 0 Å². The fourth-order valence-electron chi connectivity index (χ4n) is 8.74. The Kier molecular flexibility index (Phi) is 8.38. The molecule has 0 aromatic carbocycles. The van der Waals surface area contributed by atoms with Gasteiger partial charge >= 0.3 is 0 Å². The second kappa shape index (κ2) is 10.3. The Balaban J connectivity index is 0.000000706. The first-order valence-corrected chi connectivity index (χ1v) is 13.5. The van der Waals surface area contributed by atoms with Crippen molar-refractivity contribution < 1.29 is 0 Å². The van der Waals surface area contributed by atoms with Crippen molar-refractivity contribution in [3.63, 3.8) is 0 Å². The lowest BCUT2D eigenvalue weighted by Crippen LogP contribution is -2.23. The predicted molar refractivity (Wildman–Crippen MR) is 124 cm³/mol. The summed E-state index contributed by atoms with van der Waals surface area (Å²) in [6, 6.07) is 0. The van der Waals surface area contributed by atoms with Gasteiger partial charge in [0.25, 0.3) is 0 Å². The molecule has 0 N–H and O–H groups in total. The van der Waals surface area contributed by atoms with E-state index in [0.29, 0.717) is 0 Å². The lowest BCUT2D eigenvalue weighted by Gasteiger charge is -2.31. The first kappa shape index (κ1) is 22.7. The van der Waals surface area contributed by atoms with Crippen molar-refractivity contribution in [2.24, 2.45) is 59.2 Å². The van der Waals surface area contributed by atoms with Crippen LogP contribution in [-0.4, -0.2) is 0 Å². The highest BCUT2D eigenvalue weighted by Gasteiger charge is 2.51.